The summed E-state index contributed by atoms with van der Waals surface area (Å²) in [6, 6.07) is 0.635. The molecule has 0 aromatic carbocycles. The molecular weight excluding hydrogens is 190 g/mol. The lowest BCUT2D eigenvalue weighted by atomic mass is 9.93. The molecule has 15 heavy (non-hydrogen) atoms. The van der Waals surface area contributed by atoms with Gasteiger partial charge in [-0.2, -0.15) is 0 Å². The van der Waals surface area contributed by atoms with Crippen molar-refractivity contribution in [1.82, 2.24) is 5.32 Å². The Labute approximate surface area is 92.3 Å². The number of nitrogens with zero attached hydrogens (tertiary/aromatic N) is 1. The summed E-state index contributed by atoms with van der Waals surface area (Å²) in [7, 11) is 0. The molecule has 0 bridgehead atoms. The summed E-state index contributed by atoms with van der Waals surface area (Å²) in [5, 5.41) is 3.11. The number of hydrogen-bond acceptors (Lipinski definition) is 2. The standard InChI is InChI=1S/C11H23N3O/c1-8(2)13-11(12)14-9(3)10-4-6-15-7-5-10/h8-10H,4-7H2,1-3H3,(H3,12,13,14). The summed E-state index contributed by atoms with van der Waals surface area (Å²) >= 11 is 0. The molecule has 1 saturated heterocycles. The Bertz CT molecular complexity index is 210. The van der Waals surface area contributed by atoms with E-state index in [1.54, 1.807) is 0 Å². The van der Waals surface area contributed by atoms with Gasteiger partial charge in [-0.3, -0.25) is 4.99 Å². The normalized spacial score (nSPS) is 21.7. The monoisotopic (exact) mass is 213 g/mol. The lowest BCUT2D eigenvalue weighted by Crippen LogP contribution is -2.38. The summed E-state index contributed by atoms with van der Waals surface area (Å²) in [6.45, 7) is 7.97. The Morgan fingerprint density at radius 1 is 1.33 bits per heavy atom. The molecule has 1 unspecified atom stereocenters. The first kappa shape index (κ1) is 12.3. The first-order valence-electron chi connectivity index (χ1n) is 5.77. The van der Waals surface area contributed by atoms with Gasteiger partial charge in [0.15, 0.2) is 5.96 Å². The van der Waals surface area contributed by atoms with Crippen LogP contribution in [0.5, 0.6) is 0 Å². The van der Waals surface area contributed by atoms with Gasteiger partial charge in [0.1, 0.15) is 0 Å². The number of ether oxygens (including phenoxy) is 1. The van der Waals surface area contributed by atoms with Crippen molar-refractivity contribution in [3.8, 4) is 0 Å². The van der Waals surface area contributed by atoms with Gasteiger partial charge in [0.05, 0.1) is 6.04 Å². The van der Waals surface area contributed by atoms with Crippen molar-refractivity contribution < 1.29 is 4.74 Å². The van der Waals surface area contributed by atoms with E-state index in [-0.39, 0.29) is 0 Å². The van der Waals surface area contributed by atoms with Crippen LogP contribution in [0.3, 0.4) is 0 Å². The van der Waals surface area contributed by atoms with Gasteiger partial charge in [0.2, 0.25) is 0 Å². The highest BCUT2D eigenvalue weighted by Gasteiger charge is 2.20. The minimum Gasteiger partial charge on any atom is -0.381 e. The molecular formula is C11H23N3O. The highest BCUT2D eigenvalue weighted by atomic mass is 16.5. The van der Waals surface area contributed by atoms with Crippen molar-refractivity contribution in [2.75, 3.05) is 13.2 Å². The zero-order valence-electron chi connectivity index (χ0n) is 9.99. The Morgan fingerprint density at radius 2 is 1.93 bits per heavy atom. The van der Waals surface area contributed by atoms with E-state index in [0.717, 1.165) is 26.1 Å². The maximum atomic E-state index is 5.79. The van der Waals surface area contributed by atoms with E-state index in [9.17, 15) is 0 Å². The number of guanidine groups is 1. The average molecular weight is 213 g/mol. The predicted molar refractivity (Wildman–Crippen MR) is 62.9 cm³/mol. The van der Waals surface area contributed by atoms with Crippen molar-refractivity contribution in [1.29, 1.82) is 0 Å². The molecule has 0 aromatic rings. The number of aliphatic imine (C=N–C) groups is 1. The fourth-order valence-electron chi connectivity index (χ4n) is 1.86. The molecule has 0 saturated carbocycles. The summed E-state index contributed by atoms with van der Waals surface area (Å²) in [5.41, 5.74) is 5.79. The van der Waals surface area contributed by atoms with E-state index in [0.29, 0.717) is 24.0 Å². The Hall–Kier alpha value is -0.770. The Kier molecular flexibility index (Phi) is 4.88. The first-order valence-corrected chi connectivity index (χ1v) is 5.77. The van der Waals surface area contributed by atoms with E-state index in [2.05, 4.69) is 31.1 Å². The summed E-state index contributed by atoms with van der Waals surface area (Å²) in [5.74, 6) is 1.18. The summed E-state index contributed by atoms with van der Waals surface area (Å²) < 4.78 is 5.32. The highest BCUT2D eigenvalue weighted by molar-refractivity contribution is 5.78. The van der Waals surface area contributed by atoms with Crippen molar-refractivity contribution in [3.05, 3.63) is 0 Å². The molecule has 0 amide bonds. The van der Waals surface area contributed by atoms with Crippen molar-refractivity contribution >= 4 is 5.96 Å². The van der Waals surface area contributed by atoms with Gasteiger partial charge in [0, 0.05) is 19.3 Å². The van der Waals surface area contributed by atoms with Crippen molar-refractivity contribution in [3.63, 3.8) is 0 Å². The second-order valence-corrected chi connectivity index (χ2v) is 4.50. The van der Waals surface area contributed by atoms with Crippen molar-refractivity contribution in [2.24, 2.45) is 16.6 Å². The molecule has 0 radical (unpaired) electrons. The largest absolute Gasteiger partial charge is 0.381 e. The molecule has 1 aliphatic rings. The Balaban J connectivity index is 2.41. The molecule has 0 spiro atoms. The molecule has 1 atom stereocenters. The first-order chi connectivity index (χ1) is 7.09. The quantitative estimate of drug-likeness (QED) is 0.545. The average Bonchev–Trinajstić information content (AvgIpc) is 2.17. The third-order valence-electron chi connectivity index (χ3n) is 2.73. The van der Waals surface area contributed by atoms with Crippen LogP contribution in [0.4, 0.5) is 0 Å². The molecule has 0 aromatic heterocycles. The second-order valence-electron chi connectivity index (χ2n) is 4.50. The predicted octanol–water partition coefficient (Wildman–Crippen LogP) is 1.11. The molecule has 1 fully saturated rings. The van der Waals surface area contributed by atoms with E-state index in [1.807, 2.05) is 0 Å². The number of nitrogens with one attached hydrogen (secondary N) is 1. The van der Waals surface area contributed by atoms with Gasteiger partial charge in [-0.05, 0) is 39.5 Å². The van der Waals surface area contributed by atoms with Gasteiger partial charge in [-0.15, -0.1) is 0 Å². The van der Waals surface area contributed by atoms with Gasteiger partial charge < -0.3 is 15.8 Å². The van der Waals surface area contributed by atoms with Gasteiger partial charge >= 0.3 is 0 Å². The van der Waals surface area contributed by atoms with E-state index < -0.39 is 0 Å². The fourth-order valence-corrected chi connectivity index (χ4v) is 1.86. The third-order valence-corrected chi connectivity index (χ3v) is 2.73. The molecule has 0 aliphatic carbocycles. The van der Waals surface area contributed by atoms with Crippen LogP contribution in [0.2, 0.25) is 0 Å². The van der Waals surface area contributed by atoms with Gasteiger partial charge in [-0.1, -0.05) is 0 Å². The zero-order chi connectivity index (χ0) is 11.3. The van der Waals surface area contributed by atoms with E-state index in [4.69, 9.17) is 10.5 Å². The smallest absolute Gasteiger partial charge is 0.189 e. The molecule has 4 heteroatoms. The Morgan fingerprint density at radius 3 is 2.47 bits per heavy atom. The minimum atomic E-state index is 0.292. The summed E-state index contributed by atoms with van der Waals surface area (Å²) in [4.78, 5) is 4.47. The van der Waals surface area contributed by atoms with Crippen LogP contribution in [-0.4, -0.2) is 31.3 Å². The van der Waals surface area contributed by atoms with Crippen molar-refractivity contribution in [2.45, 2.75) is 45.7 Å². The van der Waals surface area contributed by atoms with Crippen LogP contribution in [0, 0.1) is 5.92 Å². The molecule has 4 nitrogen and oxygen atoms in total. The topological polar surface area (TPSA) is 59.6 Å². The van der Waals surface area contributed by atoms with Crippen LogP contribution in [-0.2, 0) is 4.74 Å². The molecule has 3 N–H and O–H groups in total. The SMILES string of the molecule is CC(C)NC(N)=NC(C)C1CCOCC1. The fraction of sp³-hybridized carbons (Fsp3) is 0.909. The zero-order valence-corrected chi connectivity index (χ0v) is 9.99. The van der Waals surface area contributed by atoms with Crippen LogP contribution in [0.25, 0.3) is 0 Å². The summed E-state index contributed by atoms with van der Waals surface area (Å²) in [6.07, 6.45) is 2.19. The maximum Gasteiger partial charge on any atom is 0.189 e. The lowest BCUT2D eigenvalue weighted by Gasteiger charge is -2.25. The van der Waals surface area contributed by atoms with E-state index in [1.165, 1.54) is 0 Å². The number of nitrogens with two attached hydrogens (primary N) is 1. The molecule has 1 aliphatic heterocycles. The van der Waals surface area contributed by atoms with Gasteiger partial charge in [-0.25, -0.2) is 0 Å². The van der Waals surface area contributed by atoms with Crippen LogP contribution in [0.1, 0.15) is 33.6 Å². The lowest BCUT2D eigenvalue weighted by molar-refractivity contribution is 0.0605. The van der Waals surface area contributed by atoms with Crippen LogP contribution >= 0.6 is 0 Å². The minimum absolute atomic E-state index is 0.292. The number of rotatable bonds is 3. The molecule has 88 valence electrons. The maximum absolute atomic E-state index is 5.79. The number of hydrogen-bond donors (Lipinski definition) is 2. The highest BCUT2D eigenvalue weighted by Crippen LogP contribution is 2.20. The third kappa shape index (κ3) is 4.51. The molecule has 1 rings (SSSR count). The molecule has 1 heterocycles. The van der Waals surface area contributed by atoms with Gasteiger partial charge in [0.25, 0.3) is 0 Å². The van der Waals surface area contributed by atoms with E-state index >= 15 is 0 Å². The second kappa shape index (κ2) is 5.95. The van der Waals surface area contributed by atoms with Crippen LogP contribution < -0.4 is 11.1 Å². The van der Waals surface area contributed by atoms with Crippen LogP contribution in [0.15, 0.2) is 4.99 Å².